The highest BCUT2D eigenvalue weighted by Crippen LogP contribution is 2.33. The lowest BCUT2D eigenvalue weighted by Gasteiger charge is -2.44. The number of aryl methyl sites for hydroxylation is 1. The van der Waals surface area contributed by atoms with Crippen molar-refractivity contribution in [2.75, 3.05) is 25.0 Å². The fourth-order valence-corrected chi connectivity index (χ4v) is 4.44. The average Bonchev–Trinajstić information content (AvgIpc) is 2.84. The van der Waals surface area contributed by atoms with Crippen molar-refractivity contribution >= 4 is 26.7 Å². The molecule has 3 aliphatic rings. The number of aromatic nitrogens is 1. The Morgan fingerprint density at radius 3 is 2.84 bits per heavy atom. The minimum Gasteiger partial charge on any atom is -0.357 e. The molecule has 0 amide bonds. The Kier molecular flexibility index (Phi) is 2.74. The molecule has 2 aromatic rings. The molecule has 4 heterocycles. The molecule has 1 N–H and O–H groups in total. The molecule has 2 bridgehead atoms. The topological polar surface area (TPSA) is 28.2 Å². The van der Waals surface area contributed by atoms with Crippen molar-refractivity contribution < 1.29 is 0 Å². The van der Waals surface area contributed by atoms with Gasteiger partial charge in [-0.2, -0.15) is 0 Å². The zero-order chi connectivity index (χ0) is 12.8. The molecule has 0 spiro atoms. The summed E-state index contributed by atoms with van der Waals surface area (Å²) < 4.78 is 1.30. The Morgan fingerprint density at radius 1 is 1.32 bits per heavy atom. The number of anilines is 1. The third kappa shape index (κ3) is 2.03. The number of fused-ring (bicyclic) bond motifs is 4. The van der Waals surface area contributed by atoms with Crippen molar-refractivity contribution in [3.05, 3.63) is 23.8 Å². The van der Waals surface area contributed by atoms with E-state index in [2.05, 4.69) is 35.3 Å². The SMILES string of the molecule is Cc1cccc2sc(NC3CN4CCC3CC4)nc12. The molecule has 3 saturated heterocycles. The lowest BCUT2D eigenvalue weighted by molar-refractivity contribution is 0.0975. The number of nitrogens with zero attached hydrogens (tertiary/aromatic N) is 2. The lowest BCUT2D eigenvalue weighted by Crippen LogP contribution is -2.53. The van der Waals surface area contributed by atoms with E-state index in [0.29, 0.717) is 6.04 Å². The number of hydrogen-bond acceptors (Lipinski definition) is 4. The first-order valence-corrected chi connectivity index (χ1v) is 7.96. The van der Waals surface area contributed by atoms with Gasteiger partial charge in [0.1, 0.15) is 0 Å². The van der Waals surface area contributed by atoms with Gasteiger partial charge in [-0.25, -0.2) is 4.98 Å². The van der Waals surface area contributed by atoms with Gasteiger partial charge in [-0.3, -0.25) is 0 Å². The van der Waals surface area contributed by atoms with Gasteiger partial charge in [0.05, 0.1) is 10.2 Å². The smallest absolute Gasteiger partial charge is 0.184 e. The van der Waals surface area contributed by atoms with Crippen LogP contribution < -0.4 is 5.32 Å². The molecule has 19 heavy (non-hydrogen) atoms. The second kappa shape index (κ2) is 4.46. The van der Waals surface area contributed by atoms with Crippen molar-refractivity contribution in [1.82, 2.24) is 9.88 Å². The Hall–Kier alpha value is -1.13. The molecule has 1 unspecified atom stereocenters. The normalized spacial score (nSPS) is 29.8. The van der Waals surface area contributed by atoms with Crippen molar-refractivity contribution in [1.29, 1.82) is 0 Å². The van der Waals surface area contributed by atoms with E-state index in [0.717, 1.165) is 16.6 Å². The number of nitrogens with one attached hydrogen (secondary N) is 1. The van der Waals surface area contributed by atoms with Gasteiger partial charge in [0, 0.05) is 12.6 Å². The maximum atomic E-state index is 4.78. The molecule has 0 aliphatic carbocycles. The summed E-state index contributed by atoms with van der Waals surface area (Å²) in [5.41, 5.74) is 2.44. The molecule has 5 rings (SSSR count). The summed E-state index contributed by atoms with van der Waals surface area (Å²) in [5.74, 6) is 0.845. The van der Waals surface area contributed by atoms with E-state index in [1.807, 2.05) is 0 Å². The standard InChI is InChI=1S/C15H19N3S/c1-10-3-2-4-13-14(10)17-15(19-13)16-12-9-18-7-5-11(12)6-8-18/h2-4,11-12H,5-9H2,1H3,(H,16,17). The summed E-state index contributed by atoms with van der Waals surface area (Å²) in [6.07, 6.45) is 2.70. The van der Waals surface area contributed by atoms with Gasteiger partial charge in [0.15, 0.2) is 5.13 Å². The van der Waals surface area contributed by atoms with Crippen LogP contribution in [-0.2, 0) is 0 Å². The molecule has 3 nitrogen and oxygen atoms in total. The molecule has 4 heteroatoms. The highest BCUT2D eigenvalue weighted by atomic mass is 32.1. The summed E-state index contributed by atoms with van der Waals surface area (Å²) in [6.45, 7) is 5.92. The van der Waals surface area contributed by atoms with Crippen LogP contribution in [0.2, 0.25) is 0 Å². The molecule has 1 aromatic heterocycles. The van der Waals surface area contributed by atoms with E-state index in [-0.39, 0.29) is 0 Å². The summed E-state index contributed by atoms with van der Waals surface area (Å²) in [5, 5.41) is 4.79. The average molecular weight is 273 g/mol. The van der Waals surface area contributed by atoms with Crippen LogP contribution in [0.25, 0.3) is 10.2 Å². The van der Waals surface area contributed by atoms with Crippen LogP contribution in [0.3, 0.4) is 0 Å². The first-order chi connectivity index (χ1) is 9.29. The highest BCUT2D eigenvalue weighted by molar-refractivity contribution is 7.22. The molecule has 100 valence electrons. The number of rotatable bonds is 2. The van der Waals surface area contributed by atoms with E-state index in [1.54, 1.807) is 11.3 Å². The van der Waals surface area contributed by atoms with Crippen LogP contribution in [-0.4, -0.2) is 35.6 Å². The maximum Gasteiger partial charge on any atom is 0.184 e. The zero-order valence-corrected chi connectivity index (χ0v) is 12.0. The Morgan fingerprint density at radius 2 is 2.16 bits per heavy atom. The number of hydrogen-bond donors (Lipinski definition) is 1. The zero-order valence-electron chi connectivity index (χ0n) is 11.2. The number of para-hydroxylation sites is 1. The van der Waals surface area contributed by atoms with Crippen molar-refractivity contribution in [3.8, 4) is 0 Å². The van der Waals surface area contributed by atoms with Crippen LogP contribution >= 0.6 is 11.3 Å². The van der Waals surface area contributed by atoms with E-state index in [1.165, 1.54) is 42.7 Å². The molecule has 3 fully saturated rings. The first-order valence-electron chi connectivity index (χ1n) is 7.14. The van der Waals surface area contributed by atoms with Crippen LogP contribution in [0.5, 0.6) is 0 Å². The molecular weight excluding hydrogens is 254 g/mol. The number of piperidine rings is 3. The van der Waals surface area contributed by atoms with Gasteiger partial charge in [-0.15, -0.1) is 0 Å². The van der Waals surface area contributed by atoms with Crippen LogP contribution in [0, 0.1) is 12.8 Å². The van der Waals surface area contributed by atoms with E-state index in [4.69, 9.17) is 4.98 Å². The largest absolute Gasteiger partial charge is 0.357 e. The summed E-state index contributed by atoms with van der Waals surface area (Å²) in [7, 11) is 0. The molecule has 3 aliphatic heterocycles. The summed E-state index contributed by atoms with van der Waals surface area (Å²) in [4.78, 5) is 7.36. The minimum absolute atomic E-state index is 0.600. The monoisotopic (exact) mass is 273 g/mol. The second-order valence-electron chi connectivity index (χ2n) is 5.83. The minimum atomic E-state index is 0.600. The van der Waals surface area contributed by atoms with Gasteiger partial charge < -0.3 is 10.2 Å². The Bertz CT molecular complexity index is 598. The third-order valence-corrected chi connectivity index (χ3v) is 5.54. The molecule has 0 saturated carbocycles. The van der Waals surface area contributed by atoms with Crippen LogP contribution in [0.1, 0.15) is 18.4 Å². The lowest BCUT2D eigenvalue weighted by atomic mass is 9.84. The fraction of sp³-hybridized carbons (Fsp3) is 0.533. The molecule has 1 atom stereocenters. The van der Waals surface area contributed by atoms with Gasteiger partial charge in [-0.1, -0.05) is 23.5 Å². The fourth-order valence-electron chi connectivity index (χ4n) is 3.44. The molecular formula is C15H19N3S. The van der Waals surface area contributed by atoms with Crippen molar-refractivity contribution in [2.24, 2.45) is 5.92 Å². The van der Waals surface area contributed by atoms with Crippen LogP contribution in [0.4, 0.5) is 5.13 Å². The Balaban J connectivity index is 1.60. The molecule has 1 aromatic carbocycles. The van der Waals surface area contributed by atoms with Crippen molar-refractivity contribution in [2.45, 2.75) is 25.8 Å². The second-order valence-corrected chi connectivity index (χ2v) is 6.86. The van der Waals surface area contributed by atoms with E-state index >= 15 is 0 Å². The van der Waals surface area contributed by atoms with Gasteiger partial charge >= 0.3 is 0 Å². The third-order valence-electron chi connectivity index (χ3n) is 4.59. The Labute approximate surface area is 117 Å². The highest BCUT2D eigenvalue weighted by Gasteiger charge is 2.34. The van der Waals surface area contributed by atoms with Gasteiger partial charge in [0.25, 0.3) is 0 Å². The summed E-state index contributed by atoms with van der Waals surface area (Å²) >= 11 is 1.79. The van der Waals surface area contributed by atoms with Crippen molar-refractivity contribution in [3.63, 3.8) is 0 Å². The van der Waals surface area contributed by atoms with E-state index in [9.17, 15) is 0 Å². The number of benzene rings is 1. The van der Waals surface area contributed by atoms with Gasteiger partial charge in [-0.05, 0) is 50.4 Å². The van der Waals surface area contributed by atoms with E-state index < -0.39 is 0 Å². The summed E-state index contributed by atoms with van der Waals surface area (Å²) in [6, 6.07) is 7.03. The molecule has 0 radical (unpaired) electrons. The number of thiazole rings is 1. The predicted octanol–water partition coefficient (Wildman–Crippen LogP) is 3.11. The quantitative estimate of drug-likeness (QED) is 0.911. The van der Waals surface area contributed by atoms with Gasteiger partial charge in [0.2, 0.25) is 0 Å². The first kappa shape index (κ1) is 11.7. The maximum absolute atomic E-state index is 4.78. The predicted molar refractivity (Wildman–Crippen MR) is 80.9 cm³/mol. The van der Waals surface area contributed by atoms with Crippen LogP contribution in [0.15, 0.2) is 18.2 Å².